The van der Waals surface area contributed by atoms with Gasteiger partial charge in [0.1, 0.15) is 0 Å². The molecule has 0 spiro atoms. The maximum atomic E-state index is 6.32. The Labute approximate surface area is 147 Å². The Morgan fingerprint density at radius 2 is 2.25 bits per heavy atom. The summed E-state index contributed by atoms with van der Waals surface area (Å²) in [5.41, 5.74) is 2.55. The summed E-state index contributed by atoms with van der Waals surface area (Å²) in [5.74, 6) is 0. The third-order valence-corrected chi connectivity index (χ3v) is 5.74. The number of hydrogen-bond donors (Lipinski definition) is 0. The molecule has 2 aliphatic rings. The molecule has 2 saturated heterocycles. The molecule has 4 heterocycles. The van der Waals surface area contributed by atoms with Crippen molar-refractivity contribution in [3.8, 4) is 0 Å². The summed E-state index contributed by atoms with van der Waals surface area (Å²) in [7, 11) is 0. The highest BCUT2D eigenvalue weighted by molar-refractivity contribution is 7.07. The molecule has 0 saturated carbocycles. The van der Waals surface area contributed by atoms with Crippen molar-refractivity contribution >= 4 is 11.3 Å². The standard InChI is InChI=1S/C19H24N2O2S/c1-2-15(10-20-7-1)12-22-13-17-3-4-18-19(23-17)5-8-21(18)11-16-6-9-24-14-16/h1-2,6-7,9-10,14,17-19H,3-5,8,11-13H2/t17?,18-,19-/m0/s1. The van der Waals surface area contributed by atoms with Crippen LogP contribution in [-0.4, -0.2) is 41.3 Å². The van der Waals surface area contributed by atoms with E-state index in [1.54, 1.807) is 17.5 Å². The first-order chi connectivity index (χ1) is 11.9. The van der Waals surface area contributed by atoms with E-state index in [1.807, 2.05) is 18.3 Å². The molecule has 2 aromatic heterocycles. The van der Waals surface area contributed by atoms with Gasteiger partial charge in [-0.25, -0.2) is 0 Å². The predicted octanol–water partition coefficient (Wildman–Crippen LogP) is 3.48. The Morgan fingerprint density at radius 3 is 3.08 bits per heavy atom. The summed E-state index contributed by atoms with van der Waals surface area (Å²) in [6.45, 7) is 3.51. The lowest BCUT2D eigenvalue weighted by Gasteiger charge is -2.36. The third-order valence-electron chi connectivity index (χ3n) is 5.01. The van der Waals surface area contributed by atoms with Crippen molar-refractivity contribution in [2.45, 2.75) is 50.7 Å². The molecule has 4 nitrogen and oxygen atoms in total. The molecule has 0 N–H and O–H groups in total. The molecule has 128 valence electrons. The van der Waals surface area contributed by atoms with Gasteiger partial charge in [0.2, 0.25) is 0 Å². The van der Waals surface area contributed by atoms with Gasteiger partial charge < -0.3 is 9.47 Å². The molecule has 0 radical (unpaired) electrons. The maximum absolute atomic E-state index is 6.32. The lowest BCUT2D eigenvalue weighted by atomic mass is 9.99. The number of pyridine rings is 1. The van der Waals surface area contributed by atoms with Crippen LogP contribution in [0.2, 0.25) is 0 Å². The number of nitrogens with zero attached hydrogens (tertiary/aromatic N) is 2. The Morgan fingerprint density at radius 1 is 1.25 bits per heavy atom. The van der Waals surface area contributed by atoms with Crippen LogP contribution < -0.4 is 0 Å². The van der Waals surface area contributed by atoms with Gasteiger partial charge in [0.25, 0.3) is 0 Å². The molecule has 2 aliphatic heterocycles. The van der Waals surface area contributed by atoms with Crippen LogP contribution in [0, 0.1) is 0 Å². The normalized spacial score (nSPS) is 27.2. The van der Waals surface area contributed by atoms with Crippen LogP contribution >= 0.6 is 11.3 Å². The number of fused-ring (bicyclic) bond motifs is 1. The van der Waals surface area contributed by atoms with Crippen LogP contribution in [0.4, 0.5) is 0 Å². The molecule has 4 rings (SSSR count). The minimum absolute atomic E-state index is 0.240. The summed E-state index contributed by atoms with van der Waals surface area (Å²) < 4.78 is 12.2. The minimum Gasteiger partial charge on any atom is -0.374 e. The van der Waals surface area contributed by atoms with E-state index < -0.39 is 0 Å². The van der Waals surface area contributed by atoms with E-state index in [4.69, 9.17) is 9.47 Å². The Balaban J connectivity index is 1.23. The van der Waals surface area contributed by atoms with Crippen molar-refractivity contribution in [1.82, 2.24) is 9.88 Å². The van der Waals surface area contributed by atoms with Crippen LogP contribution in [0.3, 0.4) is 0 Å². The van der Waals surface area contributed by atoms with Crippen LogP contribution in [0.1, 0.15) is 30.4 Å². The van der Waals surface area contributed by atoms with Crippen LogP contribution in [-0.2, 0) is 22.6 Å². The highest BCUT2D eigenvalue weighted by Crippen LogP contribution is 2.32. The van der Waals surface area contributed by atoms with E-state index >= 15 is 0 Å². The number of rotatable bonds is 6. The summed E-state index contributed by atoms with van der Waals surface area (Å²) in [4.78, 5) is 6.71. The SMILES string of the molecule is c1cncc(COCC2CC[C@H]3[C@H](CCN3Cc3ccsc3)O2)c1. The van der Waals surface area contributed by atoms with Crippen molar-refractivity contribution in [3.63, 3.8) is 0 Å². The minimum atomic E-state index is 0.240. The molecule has 2 aromatic rings. The monoisotopic (exact) mass is 344 g/mol. The van der Waals surface area contributed by atoms with E-state index in [9.17, 15) is 0 Å². The van der Waals surface area contributed by atoms with E-state index in [0.29, 0.717) is 25.4 Å². The van der Waals surface area contributed by atoms with Gasteiger partial charge in [-0.05, 0) is 53.3 Å². The van der Waals surface area contributed by atoms with Crippen molar-refractivity contribution in [1.29, 1.82) is 0 Å². The van der Waals surface area contributed by atoms with Gasteiger partial charge >= 0.3 is 0 Å². The van der Waals surface area contributed by atoms with Crippen LogP contribution in [0.15, 0.2) is 41.4 Å². The molecule has 0 aromatic carbocycles. The summed E-state index contributed by atoms with van der Waals surface area (Å²) in [6, 6.07) is 6.81. The largest absolute Gasteiger partial charge is 0.374 e. The number of aromatic nitrogens is 1. The third kappa shape index (κ3) is 3.86. The van der Waals surface area contributed by atoms with Gasteiger partial charge in [-0.1, -0.05) is 6.07 Å². The van der Waals surface area contributed by atoms with Crippen molar-refractivity contribution < 1.29 is 9.47 Å². The number of likely N-dealkylation sites (tertiary alicyclic amines) is 1. The first kappa shape index (κ1) is 16.2. The summed E-state index contributed by atoms with van der Waals surface area (Å²) in [5, 5.41) is 4.42. The quantitative estimate of drug-likeness (QED) is 0.803. The first-order valence-electron chi connectivity index (χ1n) is 8.76. The fourth-order valence-electron chi connectivity index (χ4n) is 3.81. The second-order valence-corrected chi connectivity index (χ2v) is 7.49. The molecule has 5 heteroatoms. The number of thiophene rings is 1. The summed E-state index contributed by atoms with van der Waals surface area (Å²) >= 11 is 1.78. The van der Waals surface area contributed by atoms with Gasteiger partial charge in [-0.15, -0.1) is 0 Å². The highest BCUT2D eigenvalue weighted by atomic mass is 32.1. The zero-order valence-electron chi connectivity index (χ0n) is 13.8. The zero-order valence-corrected chi connectivity index (χ0v) is 14.7. The van der Waals surface area contributed by atoms with Crippen LogP contribution in [0.25, 0.3) is 0 Å². The van der Waals surface area contributed by atoms with E-state index in [2.05, 4.69) is 26.7 Å². The van der Waals surface area contributed by atoms with Gasteiger partial charge in [0.05, 0.1) is 25.4 Å². The first-order valence-corrected chi connectivity index (χ1v) is 9.70. The average Bonchev–Trinajstić information content (AvgIpc) is 3.26. The lowest BCUT2D eigenvalue weighted by Crippen LogP contribution is -2.43. The summed E-state index contributed by atoms with van der Waals surface area (Å²) in [6.07, 6.45) is 7.72. The van der Waals surface area contributed by atoms with E-state index in [-0.39, 0.29) is 6.10 Å². The Hall–Kier alpha value is -1.27. The molecule has 2 fully saturated rings. The predicted molar refractivity (Wildman–Crippen MR) is 94.9 cm³/mol. The highest BCUT2D eigenvalue weighted by Gasteiger charge is 2.39. The number of ether oxygens (including phenoxy) is 2. The molecule has 1 unspecified atom stereocenters. The van der Waals surface area contributed by atoms with Gasteiger partial charge in [0, 0.05) is 31.5 Å². The molecule has 24 heavy (non-hydrogen) atoms. The molecule has 0 bridgehead atoms. The van der Waals surface area contributed by atoms with Crippen LogP contribution in [0.5, 0.6) is 0 Å². The van der Waals surface area contributed by atoms with Crippen molar-refractivity contribution in [2.24, 2.45) is 0 Å². The average molecular weight is 344 g/mol. The smallest absolute Gasteiger partial charge is 0.0813 e. The second-order valence-electron chi connectivity index (χ2n) is 6.71. The second kappa shape index (κ2) is 7.74. The number of hydrogen-bond acceptors (Lipinski definition) is 5. The maximum Gasteiger partial charge on any atom is 0.0813 e. The Bertz CT molecular complexity index is 620. The fourth-order valence-corrected chi connectivity index (χ4v) is 4.47. The molecule has 0 amide bonds. The molecule has 0 aliphatic carbocycles. The Kier molecular flexibility index (Phi) is 5.23. The van der Waals surface area contributed by atoms with Gasteiger partial charge in [0.15, 0.2) is 0 Å². The van der Waals surface area contributed by atoms with Crippen molar-refractivity contribution in [3.05, 3.63) is 52.5 Å². The van der Waals surface area contributed by atoms with E-state index in [0.717, 1.165) is 31.5 Å². The van der Waals surface area contributed by atoms with Gasteiger partial charge in [-0.2, -0.15) is 11.3 Å². The zero-order chi connectivity index (χ0) is 16.2. The molecular weight excluding hydrogens is 320 g/mol. The topological polar surface area (TPSA) is 34.6 Å². The van der Waals surface area contributed by atoms with Gasteiger partial charge in [-0.3, -0.25) is 9.88 Å². The molecular formula is C19H24N2O2S. The molecule has 3 atom stereocenters. The van der Waals surface area contributed by atoms with Crippen molar-refractivity contribution in [2.75, 3.05) is 13.2 Å². The lowest BCUT2D eigenvalue weighted by molar-refractivity contribution is -0.102. The van der Waals surface area contributed by atoms with E-state index in [1.165, 1.54) is 12.0 Å². The fraction of sp³-hybridized carbons (Fsp3) is 0.526.